The first-order valence-corrected chi connectivity index (χ1v) is 6.34. The average molecular weight is 193 g/mol. The zero-order valence-electron chi connectivity index (χ0n) is 8.29. The van der Waals surface area contributed by atoms with Crippen LogP contribution in [0.4, 0.5) is 0 Å². The molecular formula is C8H19NO2S. The van der Waals surface area contributed by atoms with E-state index in [0.29, 0.717) is 5.92 Å². The van der Waals surface area contributed by atoms with Gasteiger partial charge in [0.25, 0.3) is 0 Å². The van der Waals surface area contributed by atoms with E-state index in [2.05, 4.69) is 5.32 Å². The van der Waals surface area contributed by atoms with Crippen molar-refractivity contribution in [3.8, 4) is 0 Å². The van der Waals surface area contributed by atoms with Crippen molar-refractivity contribution in [2.24, 2.45) is 5.92 Å². The molecule has 0 rings (SSSR count). The molecule has 1 unspecified atom stereocenters. The lowest BCUT2D eigenvalue weighted by Crippen LogP contribution is -2.39. The minimum absolute atomic E-state index is 0.0880. The Morgan fingerprint density at radius 1 is 1.33 bits per heavy atom. The summed E-state index contributed by atoms with van der Waals surface area (Å²) in [4.78, 5) is 0. The van der Waals surface area contributed by atoms with E-state index in [4.69, 9.17) is 0 Å². The Hall–Kier alpha value is -0.0900. The zero-order valence-corrected chi connectivity index (χ0v) is 9.11. The van der Waals surface area contributed by atoms with Crippen LogP contribution in [0.2, 0.25) is 0 Å². The number of nitrogens with one attached hydrogen (secondary N) is 1. The topological polar surface area (TPSA) is 46.2 Å². The van der Waals surface area contributed by atoms with Crippen molar-refractivity contribution in [1.29, 1.82) is 0 Å². The smallest absolute Gasteiger partial charge is 0.148 e. The van der Waals surface area contributed by atoms with Crippen molar-refractivity contribution in [3.63, 3.8) is 0 Å². The molecule has 0 spiro atoms. The first-order chi connectivity index (χ1) is 5.37. The lowest BCUT2D eigenvalue weighted by molar-refractivity contribution is 0.435. The highest BCUT2D eigenvalue weighted by Gasteiger charge is 2.17. The molecule has 0 aliphatic carbocycles. The number of hydrogen-bond donors (Lipinski definition) is 1. The highest BCUT2D eigenvalue weighted by molar-refractivity contribution is 7.90. The predicted molar refractivity (Wildman–Crippen MR) is 52.0 cm³/mol. The fourth-order valence-corrected chi connectivity index (χ4v) is 2.23. The summed E-state index contributed by atoms with van der Waals surface area (Å²) in [6.07, 6.45) is 1.28. The van der Waals surface area contributed by atoms with Gasteiger partial charge in [-0.15, -0.1) is 0 Å². The molecule has 3 nitrogen and oxygen atoms in total. The van der Waals surface area contributed by atoms with Crippen LogP contribution in [0, 0.1) is 5.92 Å². The summed E-state index contributed by atoms with van der Waals surface area (Å²) in [5.41, 5.74) is 0. The van der Waals surface area contributed by atoms with Crippen LogP contribution < -0.4 is 5.32 Å². The van der Waals surface area contributed by atoms with Gasteiger partial charge in [-0.3, -0.25) is 0 Å². The highest BCUT2D eigenvalue weighted by Crippen LogP contribution is 2.03. The molecule has 0 aromatic heterocycles. The van der Waals surface area contributed by atoms with E-state index in [-0.39, 0.29) is 11.8 Å². The molecule has 0 bridgehead atoms. The number of sulfone groups is 1. The van der Waals surface area contributed by atoms with Gasteiger partial charge in [0.15, 0.2) is 0 Å². The van der Waals surface area contributed by atoms with Gasteiger partial charge in [0.2, 0.25) is 0 Å². The molecule has 1 atom stereocenters. The molecule has 0 amide bonds. The fraction of sp³-hybridized carbons (Fsp3) is 1.00. The Bertz CT molecular complexity index is 209. The van der Waals surface area contributed by atoms with E-state index >= 15 is 0 Å². The lowest BCUT2D eigenvalue weighted by Gasteiger charge is -2.20. The van der Waals surface area contributed by atoms with Crippen LogP contribution in [-0.2, 0) is 9.84 Å². The van der Waals surface area contributed by atoms with Crippen LogP contribution in [0.3, 0.4) is 0 Å². The molecule has 12 heavy (non-hydrogen) atoms. The second kappa shape index (κ2) is 4.82. The van der Waals surface area contributed by atoms with Gasteiger partial charge < -0.3 is 5.32 Å². The summed E-state index contributed by atoms with van der Waals surface area (Å²) in [5.74, 6) is 0.595. The van der Waals surface area contributed by atoms with Gasteiger partial charge >= 0.3 is 0 Å². The van der Waals surface area contributed by atoms with Crippen molar-refractivity contribution < 1.29 is 8.42 Å². The van der Waals surface area contributed by atoms with Crippen LogP contribution >= 0.6 is 0 Å². The molecule has 0 saturated carbocycles. The molecule has 0 aliphatic rings. The van der Waals surface area contributed by atoms with Gasteiger partial charge in [0, 0.05) is 12.3 Å². The van der Waals surface area contributed by atoms with Crippen molar-refractivity contribution >= 4 is 9.84 Å². The Labute approximate surface area is 75.5 Å². The summed E-state index contributed by atoms with van der Waals surface area (Å²) in [5, 5.41) is 3.16. The Kier molecular flexibility index (Phi) is 4.78. The van der Waals surface area contributed by atoms with Crippen molar-refractivity contribution in [3.05, 3.63) is 0 Å². The third-order valence-corrected chi connectivity index (χ3v) is 2.72. The van der Waals surface area contributed by atoms with Crippen LogP contribution in [0.25, 0.3) is 0 Å². The zero-order chi connectivity index (χ0) is 9.78. The van der Waals surface area contributed by atoms with Gasteiger partial charge in [-0.1, -0.05) is 20.8 Å². The van der Waals surface area contributed by atoms with Gasteiger partial charge in [-0.25, -0.2) is 8.42 Å². The molecule has 1 N–H and O–H groups in total. The van der Waals surface area contributed by atoms with E-state index in [1.165, 1.54) is 6.26 Å². The lowest BCUT2D eigenvalue weighted by atomic mass is 10.1. The molecule has 4 heteroatoms. The van der Waals surface area contributed by atoms with Crippen molar-refractivity contribution in [1.82, 2.24) is 5.32 Å². The maximum absolute atomic E-state index is 11.0. The second-order valence-corrected chi connectivity index (χ2v) is 5.69. The normalized spacial score (nSPS) is 15.1. The maximum atomic E-state index is 11.0. The Balaban J connectivity index is 4.14. The third-order valence-electron chi connectivity index (χ3n) is 1.75. The van der Waals surface area contributed by atoms with Crippen molar-refractivity contribution in [2.45, 2.75) is 26.8 Å². The largest absolute Gasteiger partial charge is 0.313 e. The average Bonchev–Trinajstić information content (AvgIpc) is 1.83. The minimum Gasteiger partial charge on any atom is -0.313 e. The minimum atomic E-state index is -2.85. The van der Waals surface area contributed by atoms with Gasteiger partial charge in [0.1, 0.15) is 9.84 Å². The van der Waals surface area contributed by atoms with E-state index in [9.17, 15) is 8.42 Å². The predicted octanol–water partition coefficient (Wildman–Crippen LogP) is 0.665. The summed E-state index contributed by atoms with van der Waals surface area (Å²) in [6.45, 7) is 6.85. The Morgan fingerprint density at radius 3 is 2.08 bits per heavy atom. The van der Waals surface area contributed by atoms with E-state index in [0.717, 1.165) is 6.54 Å². The number of hydrogen-bond acceptors (Lipinski definition) is 3. The number of rotatable bonds is 5. The second-order valence-electron chi connectivity index (χ2n) is 3.50. The summed E-state index contributed by atoms with van der Waals surface area (Å²) < 4.78 is 22.0. The van der Waals surface area contributed by atoms with Crippen molar-refractivity contribution in [2.75, 3.05) is 18.6 Å². The molecule has 0 saturated heterocycles. The maximum Gasteiger partial charge on any atom is 0.148 e. The molecule has 0 aliphatic heterocycles. The molecule has 0 radical (unpaired) electrons. The molecular weight excluding hydrogens is 174 g/mol. The fourth-order valence-electron chi connectivity index (χ4n) is 1.08. The molecule has 0 aromatic carbocycles. The summed E-state index contributed by atoms with van der Waals surface area (Å²) in [7, 11) is -2.85. The van der Waals surface area contributed by atoms with Crippen LogP contribution in [0.5, 0.6) is 0 Å². The van der Waals surface area contributed by atoms with Gasteiger partial charge in [-0.05, 0) is 12.5 Å². The third kappa shape index (κ3) is 5.55. The summed E-state index contributed by atoms with van der Waals surface area (Å²) >= 11 is 0. The standard InChI is InChI=1S/C8H19NO2S/c1-5-9-8(7(2)3)6-12(4,10)11/h7-9H,5-6H2,1-4H3. The van der Waals surface area contributed by atoms with E-state index < -0.39 is 9.84 Å². The molecule has 0 fully saturated rings. The van der Waals surface area contributed by atoms with Gasteiger partial charge in [-0.2, -0.15) is 0 Å². The van der Waals surface area contributed by atoms with Crippen LogP contribution in [0.15, 0.2) is 0 Å². The van der Waals surface area contributed by atoms with E-state index in [1.807, 2.05) is 20.8 Å². The monoisotopic (exact) mass is 193 g/mol. The van der Waals surface area contributed by atoms with Gasteiger partial charge in [0.05, 0.1) is 5.75 Å². The summed E-state index contributed by atoms with van der Waals surface area (Å²) in [6, 6.07) is 0.0880. The first-order valence-electron chi connectivity index (χ1n) is 4.28. The van der Waals surface area contributed by atoms with Crippen LogP contribution in [0.1, 0.15) is 20.8 Å². The van der Waals surface area contributed by atoms with Crippen LogP contribution in [-0.4, -0.2) is 33.0 Å². The molecule has 0 heterocycles. The van der Waals surface area contributed by atoms with E-state index in [1.54, 1.807) is 0 Å². The SMILES string of the molecule is CCNC(CS(C)(=O)=O)C(C)C. The Morgan fingerprint density at radius 2 is 1.83 bits per heavy atom. The highest BCUT2D eigenvalue weighted by atomic mass is 32.2. The molecule has 0 aromatic rings. The molecule has 74 valence electrons. The first kappa shape index (κ1) is 11.9. The quantitative estimate of drug-likeness (QED) is 0.698.